The number of guanidine groups is 1. The lowest BCUT2D eigenvalue weighted by atomic mass is 10.0. The van der Waals surface area contributed by atoms with Crippen molar-refractivity contribution in [2.75, 3.05) is 37.6 Å². The first-order valence-corrected chi connectivity index (χ1v) is 11.4. The van der Waals surface area contributed by atoms with Crippen molar-refractivity contribution in [2.24, 2.45) is 4.99 Å². The van der Waals surface area contributed by atoms with Crippen molar-refractivity contribution < 1.29 is 4.79 Å². The normalized spacial score (nSPS) is 23.3. The monoisotopic (exact) mass is 397 g/mol. The summed E-state index contributed by atoms with van der Waals surface area (Å²) in [5, 5.41) is 6.90. The Kier molecular flexibility index (Phi) is 6.70. The quantitative estimate of drug-likeness (QED) is 0.592. The molecule has 2 aliphatic heterocycles. The Bertz CT molecular complexity index is 728. The van der Waals surface area contributed by atoms with Gasteiger partial charge < -0.3 is 15.5 Å². The van der Waals surface area contributed by atoms with E-state index in [-0.39, 0.29) is 12.5 Å². The van der Waals surface area contributed by atoms with Crippen LogP contribution in [0, 0.1) is 0 Å². The van der Waals surface area contributed by atoms with Crippen LogP contribution in [0.15, 0.2) is 29.3 Å². The fourth-order valence-electron chi connectivity index (χ4n) is 5.04. The van der Waals surface area contributed by atoms with E-state index in [0.29, 0.717) is 6.04 Å². The standard InChI is InChI=1S/C23H35N5O/c1-2-24-23(26-19-13-15-27(17-19)20-10-4-5-11-20)25-16-22(29)28-14-7-9-18-8-3-6-12-21(18)28/h3,6,8,12,19-20H,2,4-5,7,9-11,13-17H2,1H3,(H2,24,25,26). The Balaban J connectivity index is 1.34. The summed E-state index contributed by atoms with van der Waals surface area (Å²) in [6, 6.07) is 9.43. The van der Waals surface area contributed by atoms with Crippen LogP contribution in [-0.4, -0.2) is 61.6 Å². The molecule has 1 aliphatic carbocycles. The Hall–Kier alpha value is -2.08. The molecule has 0 aromatic heterocycles. The SMILES string of the molecule is CCNC(=NCC(=O)N1CCCc2ccccc21)NC1CCN(C2CCCC2)C1. The number of nitrogens with one attached hydrogen (secondary N) is 2. The predicted molar refractivity (Wildman–Crippen MR) is 118 cm³/mol. The third-order valence-corrected chi connectivity index (χ3v) is 6.53. The minimum absolute atomic E-state index is 0.0772. The molecule has 1 aromatic rings. The van der Waals surface area contributed by atoms with E-state index >= 15 is 0 Å². The van der Waals surface area contributed by atoms with Crippen LogP contribution in [0.3, 0.4) is 0 Å². The molecule has 0 bridgehead atoms. The first-order valence-electron chi connectivity index (χ1n) is 11.4. The van der Waals surface area contributed by atoms with Crippen molar-refractivity contribution in [2.45, 2.75) is 64.0 Å². The molecular weight excluding hydrogens is 362 g/mol. The number of hydrogen-bond acceptors (Lipinski definition) is 3. The molecule has 6 nitrogen and oxygen atoms in total. The minimum Gasteiger partial charge on any atom is -0.357 e. The van der Waals surface area contributed by atoms with Crippen molar-refractivity contribution in [1.82, 2.24) is 15.5 Å². The zero-order valence-electron chi connectivity index (χ0n) is 17.7. The maximum absolute atomic E-state index is 12.9. The maximum atomic E-state index is 12.9. The highest BCUT2D eigenvalue weighted by Crippen LogP contribution is 2.27. The Labute approximate surface area is 174 Å². The summed E-state index contributed by atoms with van der Waals surface area (Å²) in [5.41, 5.74) is 2.32. The molecule has 158 valence electrons. The third-order valence-electron chi connectivity index (χ3n) is 6.53. The molecule has 0 radical (unpaired) electrons. The number of rotatable bonds is 5. The first-order chi connectivity index (χ1) is 14.2. The van der Waals surface area contributed by atoms with Crippen molar-refractivity contribution in [3.8, 4) is 0 Å². The highest BCUT2D eigenvalue weighted by Gasteiger charge is 2.30. The molecule has 2 N–H and O–H groups in total. The number of nitrogens with zero attached hydrogens (tertiary/aromatic N) is 3. The largest absolute Gasteiger partial charge is 0.357 e. The summed E-state index contributed by atoms with van der Waals surface area (Å²) in [4.78, 5) is 22.1. The topological polar surface area (TPSA) is 60.0 Å². The molecule has 1 atom stereocenters. The number of aliphatic imine (C=N–C) groups is 1. The number of carbonyl (C=O) groups excluding carboxylic acids is 1. The fraction of sp³-hybridized carbons (Fsp3) is 0.652. The molecule has 6 heteroatoms. The van der Waals surface area contributed by atoms with E-state index in [9.17, 15) is 4.79 Å². The number of carbonyl (C=O) groups is 1. The molecule has 0 spiro atoms. The molecule has 2 heterocycles. The van der Waals surface area contributed by atoms with Gasteiger partial charge in [-0.25, -0.2) is 4.99 Å². The summed E-state index contributed by atoms with van der Waals surface area (Å²) >= 11 is 0. The average Bonchev–Trinajstić information content (AvgIpc) is 3.43. The van der Waals surface area contributed by atoms with Gasteiger partial charge in [0, 0.05) is 44.0 Å². The van der Waals surface area contributed by atoms with E-state index in [1.54, 1.807) is 0 Å². The van der Waals surface area contributed by atoms with Gasteiger partial charge in [0.15, 0.2) is 5.96 Å². The number of anilines is 1. The molecule has 1 amide bonds. The smallest absolute Gasteiger partial charge is 0.248 e. The van der Waals surface area contributed by atoms with Gasteiger partial charge in [0.25, 0.3) is 0 Å². The third kappa shape index (κ3) is 4.92. The Morgan fingerprint density at radius 3 is 2.79 bits per heavy atom. The fourth-order valence-corrected chi connectivity index (χ4v) is 5.04. The van der Waals surface area contributed by atoms with E-state index in [4.69, 9.17) is 0 Å². The van der Waals surface area contributed by atoms with Crippen LogP contribution in [0.5, 0.6) is 0 Å². The van der Waals surface area contributed by atoms with E-state index in [1.165, 1.54) is 37.8 Å². The van der Waals surface area contributed by atoms with Gasteiger partial charge >= 0.3 is 0 Å². The number of para-hydroxylation sites is 1. The molecule has 1 unspecified atom stereocenters. The number of hydrogen-bond donors (Lipinski definition) is 2. The van der Waals surface area contributed by atoms with Gasteiger partial charge in [0.2, 0.25) is 5.91 Å². The second kappa shape index (κ2) is 9.61. The van der Waals surface area contributed by atoms with Crippen molar-refractivity contribution in [3.05, 3.63) is 29.8 Å². The lowest BCUT2D eigenvalue weighted by molar-refractivity contribution is -0.117. The van der Waals surface area contributed by atoms with Gasteiger partial charge in [0.05, 0.1) is 0 Å². The molecule has 1 saturated carbocycles. The molecule has 4 rings (SSSR count). The molecule has 1 aromatic carbocycles. The highest BCUT2D eigenvalue weighted by atomic mass is 16.2. The average molecular weight is 398 g/mol. The van der Waals surface area contributed by atoms with Gasteiger partial charge in [-0.15, -0.1) is 0 Å². The second-order valence-electron chi connectivity index (χ2n) is 8.54. The minimum atomic E-state index is 0.0772. The lowest BCUT2D eigenvalue weighted by Gasteiger charge is -2.29. The number of benzene rings is 1. The lowest BCUT2D eigenvalue weighted by Crippen LogP contribution is -2.46. The zero-order chi connectivity index (χ0) is 20.1. The van der Waals surface area contributed by atoms with Crippen LogP contribution in [0.4, 0.5) is 5.69 Å². The van der Waals surface area contributed by atoms with Crippen molar-refractivity contribution in [1.29, 1.82) is 0 Å². The highest BCUT2D eigenvalue weighted by molar-refractivity contribution is 5.97. The van der Waals surface area contributed by atoms with Gasteiger partial charge in [-0.1, -0.05) is 31.0 Å². The Morgan fingerprint density at radius 1 is 1.14 bits per heavy atom. The van der Waals surface area contributed by atoms with Crippen LogP contribution in [0.1, 0.15) is 51.0 Å². The number of likely N-dealkylation sites (tertiary alicyclic amines) is 1. The summed E-state index contributed by atoms with van der Waals surface area (Å²) < 4.78 is 0. The number of fused-ring (bicyclic) bond motifs is 1. The summed E-state index contributed by atoms with van der Waals surface area (Å²) in [6.07, 6.45) is 8.68. The molecular formula is C23H35N5O. The summed E-state index contributed by atoms with van der Waals surface area (Å²) in [6.45, 7) is 6.09. The van der Waals surface area contributed by atoms with Crippen molar-refractivity contribution >= 4 is 17.6 Å². The first kappa shape index (κ1) is 20.2. The zero-order valence-corrected chi connectivity index (χ0v) is 17.7. The maximum Gasteiger partial charge on any atom is 0.248 e. The van der Waals surface area contributed by atoms with E-state index < -0.39 is 0 Å². The summed E-state index contributed by atoms with van der Waals surface area (Å²) in [7, 11) is 0. The Morgan fingerprint density at radius 2 is 1.97 bits per heavy atom. The van der Waals surface area contributed by atoms with Crippen LogP contribution in [0.2, 0.25) is 0 Å². The molecule has 29 heavy (non-hydrogen) atoms. The van der Waals surface area contributed by atoms with Crippen molar-refractivity contribution in [3.63, 3.8) is 0 Å². The van der Waals surface area contributed by atoms with Gasteiger partial charge in [-0.3, -0.25) is 9.69 Å². The van der Waals surface area contributed by atoms with Crippen LogP contribution >= 0.6 is 0 Å². The van der Waals surface area contributed by atoms with E-state index in [1.807, 2.05) is 11.0 Å². The van der Waals surface area contributed by atoms with Crippen LogP contribution in [0.25, 0.3) is 0 Å². The van der Waals surface area contributed by atoms with Gasteiger partial charge in [-0.2, -0.15) is 0 Å². The van der Waals surface area contributed by atoms with E-state index in [2.05, 4.69) is 45.6 Å². The van der Waals surface area contributed by atoms with Crippen LogP contribution < -0.4 is 15.5 Å². The molecule has 1 saturated heterocycles. The number of aryl methyl sites for hydroxylation is 1. The van der Waals surface area contributed by atoms with Gasteiger partial charge in [0.1, 0.15) is 6.54 Å². The molecule has 3 aliphatic rings. The predicted octanol–water partition coefficient (Wildman–Crippen LogP) is 2.54. The van der Waals surface area contributed by atoms with E-state index in [0.717, 1.165) is 56.6 Å². The second-order valence-corrected chi connectivity index (χ2v) is 8.54. The summed E-state index contributed by atoms with van der Waals surface area (Å²) in [5.74, 6) is 0.845. The van der Waals surface area contributed by atoms with Crippen LogP contribution in [-0.2, 0) is 11.2 Å². The van der Waals surface area contributed by atoms with Gasteiger partial charge in [-0.05, 0) is 50.7 Å². The molecule has 2 fully saturated rings. The number of amides is 1.